The molecule has 0 radical (unpaired) electrons. The van der Waals surface area contributed by atoms with Crippen LogP contribution in [0.4, 0.5) is 5.69 Å². The summed E-state index contributed by atoms with van der Waals surface area (Å²) in [6.07, 6.45) is 1.06. The molecular formula is C13H20N2O4S. The van der Waals surface area contributed by atoms with Crippen molar-refractivity contribution >= 4 is 21.4 Å². The first-order valence-corrected chi connectivity index (χ1v) is 8.08. The molecular weight excluding hydrogens is 280 g/mol. The van der Waals surface area contributed by atoms with Crippen molar-refractivity contribution in [2.24, 2.45) is 0 Å². The molecule has 0 saturated heterocycles. The number of aliphatic hydroxyl groups excluding tert-OH is 1. The minimum atomic E-state index is -3.44. The lowest BCUT2D eigenvalue weighted by molar-refractivity contribution is 0.0665. The number of carbonyl (C=O) groups is 1. The SMILES string of the molecule is CC(C)N(CCO)C(=O)c1cc(N)cc(S(C)(=O)=O)c1. The van der Waals surface area contributed by atoms with Crippen LogP contribution in [0.25, 0.3) is 0 Å². The van der Waals surface area contributed by atoms with Crippen molar-refractivity contribution in [1.82, 2.24) is 4.90 Å². The number of amides is 1. The number of nitrogen functional groups attached to an aromatic ring is 1. The summed E-state index contributed by atoms with van der Waals surface area (Å²) in [5.41, 5.74) is 6.07. The van der Waals surface area contributed by atoms with Crippen molar-refractivity contribution < 1.29 is 18.3 Å². The van der Waals surface area contributed by atoms with Crippen molar-refractivity contribution in [2.75, 3.05) is 25.1 Å². The van der Waals surface area contributed by atoms with E-state index in [-0.39, 0.29) is 41.2 Å². The summed E-state index contributed by atoms with van der Waals surface area (Å²) in [5.74, 6) is -0.355. The minimum Gasteiger partial charge on any atom is -0.399 e. The Kier molecular flexibility index (Phi) is 5.13. The van der Waals surface area contributed by atoms with E-state index in [9.17, 15) is 13.2 Å². The molecule has 0 aliphatic carbocycles. The topological polar surface area (TPSA) is 101 Å². The molecule has 20 heavy (non-hydrogen) atoms. The zero-order valence-corrected chi connectivity index (χ0v) is 12.6. The van der Waals surface area contributed by atoms with Crippen molar-refractivity contribution in [2.45, 2.75) is 24.8 Å². The predicted molar refractivity (Wildman–Crippen MR) is 77.2 cm³/mol. The fourth-order valence-corrected chi connectivity index (χ4v) is 2.52. The Morgan fingerprint density at radius 2 is 1.95 bits per heavy atom. The zero-order valence-electron chi connectivity index (χ0n) is 11.8. The highest BCUT2D eigenvalue weighted by Crippen LogP contribution is 2.19. The second-order valence-corrected chi connectivity index (χ2v) is 6.89. The molecule has 1 aromatic rings. The van der Waals surface area contributed by atoms with Gasteiger partial charge in [-0.2, -0.15) is 0 Å². The van der Waals surface area contributed by atoms with E-state index < -0.39 is 9.84 Å². The van der Waals surface area contributed by atoms with Gasteiger partial charge in [-0.15, -0.1) is 0 Å². The van der Waals surface area contributed by atoms with Crippen LogP contribution in [0.15, 0.2) is 23.1 Å². The molecule has 0 aliphatic rings. The molecule has 1 aromatic carbocycles. The summed E-state index contributed by atoms with van der Waals surface area (Å²) in [7, 11) is -3.44. The van der Waals surface area contributed by atoms with Gasteiger partial charge in [-0.3, -0.25) is 4.79 Å². The molecule has 0 saturated carbocycles. The Morgan fingerprint density at radius 1 is 1.35 bits per heavy atom. The Morgan fingerprint density at radius 3 is 2.40 bits per heavy atom. The van der Waals surface area contributed by atoms with E-state index in [2.05, 4.69) is 0 Å². The normalized spacial score (nSPS) is 11.7. The van der Waals surface area contributed by atoms with E-state index in [4.69, 9.17) is 10.8 Å². The van der Waals surface area contributed by atoms with Gasteiger partial charge in [-0.1, -0.05) is 0 Å². The van der Waals surface area contributed by atoms with Crippen LogP contribution >= 0.6 is 0 Å². The maximum Gasteiger partial charge on any atom is 0.254 e. The second-order valence-electron chi connectivity index (χ2n) is 4.88. The van der Waals surface area contributed by atoms with E-state index in [0.29, 0.717) is 0 Å². The van der Waals surface area contributed by atoms with Gasteiger partial charge in [0.1, 0.15) is 0 Å². The minimum absolute atomic E-state index is 0.00792. The van der Waals surface area contributed by atoms with Crippen molar-refractivity contribution in [3.63, 3.8) is 0 Å². The number of aliphatic hydroxyl groups is 1. The molecule has 0 heterocycles. The lowest BCUT2D eigenvalue weighted by atomic mass is 10.1. The van der Waals surface area contributed by atoms with Crippen LogP contribution < -0.4 is 5.73 Å². The molecule has 0 aliphatic heterocycles. The summed E-state index contributed by atoms with van der Waals surface area (Å²) in [6.45, 7) is 3.65. The van der Waals surface area contributed by atoms with Gasteiger partial charge in [0.2, 0.25) is 0 Å². The molecule has 6 nitrogen and oxygen atoms in total. The third-order valence-electron chi connectivity index (χ3n) is 2.83. The van der Waals surface area contributed by atoms with Crippen LogP contribution in [0.2, 0.25) is 0 Å². The van der Waals surface area contributed by atoms with Gasteiger partial charge in [-0.05, 0) is 32.0 Å². The Bertz CT molecular complexity index is 596. The fourth-order valence-electron chi connectivity index (χ4n) is 1.83. The first-order valence-electron chi connectivity index (χ1n) is 6.19. The van der Waals surface area contributed by atoms with Crippen LogP contribution in [-0.4, -0.2) is 49.8 Å². The molecule has 0 fully saturated rings. The second kappa shape index (κ2) is 6.23. The van der Waals surface area contributed by atoms with E-state index in [1.54, 1.807) is 0 Å². The molecule has 1 amide bonds. The quantitative estimate of drug-likeness (QED) is 0.772. The molecule has 0 bridgehead atoms. The molecule has 0 spiro atoms. The maximum absolute atomic E-state index is 12.4. The first-order chi connectivity index (χ1) is 9.16. The van der Waals surface area contributed by atoms with Crippen molar-refractivity contribution in [3.8, 4) is 0 Å². The molecule has 0 unspecified atom stereocenters. The van der Waals surface area contributed by atoms with Gasteiger partial charge in [0, 0.05) is 30.1 Å². The van der Waals surface area contributed by atoms with Crippen LogP contribution in [0.1, 0.15) is 24.2 Å². The predicted octanol–water partition coefficient (Wildman–Crippen LogP) is 0.515. The van der Waals surface area contributed by atoms with Gasteiger partial charge in [0.05, 0.1) is 11.5 Å². The Hall–Kier alpha value is -1.60. The monoisotopic (exact) mass is 300 g/mol. The van der Waals surface area contributed by atoms with Crippen LogP contribution in [-0.2, 0) is 9.84 Å². The van der Waals surface area contributed by atoms with E-state index in [1.165, 1.54) is 23.1 Å². The standard InChI is InChI=1S/C13H20N2O4S/c1-9(2)15(4-5-16)13(17)10-6-11(14)8-12(7-10)20(3,18)19/h6-9,16H,4-5,14H2,1-3H3. The van der Waals surface area contributed by atoms with Gasteiger partial charge in [0.15, 0.2) is 9.84 Å². The zero-order chi connectivity index (χ0) is 15.5. The van der Waals surface area contributed by atoms with E-state index >= 15 is 0 Å². The lowest BCUT2D eigenvalue weighted by Crippen LogP contribution is -2.39. The highest BCUT2D eigenvalue weighted by atomic mass is 32.2. The Balaban J connectivity index is 3.25. The van der Waals surface area contributed by atoms with Crippen LogP contribution in [0.5, 0.6) is 0 Å². The van der Waals surface area contributed by atoms with Crippen molar-refractivity contribution in [3.05, 3.63) is 23.8 Å². The molecule has 7 heteroatoms. The average Bonchev–Trinajstić information content (AvgIpc) is 2.33. The number of hydrogen-bond acceptors (Lipinski definition) is 5. The number of benzene rings is 1. The maximum atomic E-state index is 12.4. The summed E-state index contributed by atoms with van der Waals surface area (Å²) in [6, 6.07) is 3.94. The highest BCUT2D eigenvalue weighted by molar-refractivity contribution is 7.90. The van der Waals surface area contributed by atoms with Gasteiger partial charge < -0.3 is 15.7 Å². The highest BCUT2D eigenvalue weighted by Gasteiger charge is 2.20. The van der Waals surface area contributed by atoms with Crippen molar-refractivity contribution in [1.29, 1.82) is 0 Å². The molecule has 0 atom stereocenters. The lowest BCUT2D eigenvalue weighted by Gasteiger charge is -2.26. The molecule has 1 rings (SSSR count). The Labute approximate surface area is 119 Å². The summed E-state index contributed by atoms with van der Waals surface area (Å²) < 4.78 is 23.1. The van der Waals surface area contributed by atoms with E-state index in [1.807, 2.05) is 13.8 Å². The van der Waals surface area contributed by atoms with Gasteiger partial charge in [0.25, 0.3) is 5.91 Å². The summed E-state index contributed by atoms with van der Waals surface area (Å²) in [5, 5.41) is 9.01. The number of hydrogen-bond donors (Lipinski definition) is 2. The van der Waals surface area contributed by atoms with E-state index in [0.717, 1.165) is 6.26 Å². The number of rotatable bonds is 5. The molecule has 3 N–H and O–H groups in total. The summed E-state index contributed by atoms with van der Waals surface area (Å²) >= 11 is 0. The van der Waals surface area contributed by atoms with Crippen LogP contribution in [0, 0.1) is 0 Å². The molecule has 112 valence electrons. The first kappa shape index (κ1) is 16.5. The van der Waals surface area contributed by atoms with Gasteiger partial charge in [-0.25, -0.2) is 8.42 Å². The number of nitrogens with two attached hydrogens (primary N) is 1. The summed E-state index contributed by atoms with van der Waals surface area (Å²) in [4.78, 5) is 13.8. The molecule has 0 aromatic heterocycles. The fraction of sp³-hybridized carbons (Fsp3) is 0.462. The average molecular weight is 300 g/mol. The number of nitrogens with zero attached hydrogens (tertiary/aromatic N) is 1. The van der Waals surface area contributed by atoms with Crippen LogP contribution in [0.3, 0.4) is 0 Å². The third-order valence-corrected chi connectivity index (χ3v) is 3.92. The number of sulfone groups is 1. The largest absolute Gasteiger partial charge is 0.399 e. The number of carbonyl (C=O) groups excluding carboxylic acids is 1. The third kappa shape index (κ3) is 3.94. The van der Waals surface area contributed by atoms with Gasteiger partial charge >= 0.3 is 0 Å². The smallest absolute Gasteiger partial charge is 0.254 e. The number of anilines is 1.